The van der Waals surface area contributed by atoms with E-state index < -0.39 is 5.41 Å². The third-order valence-corrected chi connectivity index (χ3v) is 5.50. The molecule has 1 aliphatic heterocycles. The number of thioether (sulfide) groups is 1. The number of rotatable bonds is 5. The van der Waals surface area contributed by atoms with Crippen LogP contribution in [0.1, 0.15) is 31.9 Å². The van der Waals surface area contributed by atoms with Gasteiger partial charge in [0.15, 0.2) is 0 Å². The number of anilines is 2. The zero-order valence-corrected chi connectivity index (χ0v) is 16.9. The lowest BCUT2D eigenvalue weighted by atomic mass is 9.94. The van der Waals surface area contributed by atoms with Gasteiger partial charge < -0.3 is 10.2 Å². The van der Waals surface area contributed by atoms with Crippen molar-refractivity contribution < 1.29 is 9.59 Å². The Morgan fingerprint density at radius 1 is 1.11 bits per heavy atom. The Morgan fingerprint density at radius 3 is 2.56 bits per heavy atom. The van der Waals surface area contributed by atoms with Gasteiger partial charge in [-0.2, -0.15) is 0 Å². The number of amides is 2. The Labute approximate surface area is 165 Å². The maximum atomic E-state index is 12.7. The normalized spacial score (nSPS) is 13.4. The molecular formula is C22H26N2O2S. The van der Waals surface area contributed by atoms with Gasteiger partial charge in [-0.25, -0.2) is 0 Å². The van der Waals surface area contributed by atoms with Crippen LogP contribution in [0.5, 0.6) is 0 Å². The minimum atomic E-state index is -0.422. The minimum Gasteiger partial charge on any atom is -0.325 e. The monoisotopic (exact) mass is 382 g/mol. The van der Waals surface area contributed by atoms with Crippen molar-refractivity contribution in [1.29, 1.82) is 0 Å². The van der Waals surface area contributed by atoms with Crippen LogP contribution < -0.4 is 10.2 Å². The highest BCUT2D eigenvalue weighted by molar-refractivity contribution is 7.99. The number of hydrogen-bond acceptors (Lipinski definition) is 3. The first-order valence-corrected chi connectivity index (χ1v) is 10.4. The number of benzene rings is 2. The summed E-state index contributed by atoms with van der Waals surface area (Å²) < 4.78 is 0. The highest BCUT2D eigenvalue weighted by Crippen LogP contribution is 2.34. The van der Waals surface area contributed by atoms with Gasteiger partial charge in [0.05, 0.1) is 5.75 Å². The number of nitrogens with zero attached hydrogens (tertiary/aromatic N) is 1. The van der Waals surface area contributed by atoms with Gasteiger partial charge in [-0.05, 0) is 29.7 Å². The molecule has 4 nitrogen and oxygen atoms in total. The van der Waals surface area contributed by atoms with Crippen LogP contribution in [-0.2, 0) is 21.8 Å². The van der Waals surface area contributed by atoms with E-state index in [1.165, 1.54) is 5.56 Å². The van der Waals surface area contributed by atoms with E-state index in [0.29, 0.717) is 12.3 Å². The van der Waals surface area contributed by atoms with Crippen molar-refractivity contribution in [1.82, 2.24) is 0 Å². The van der Waals surface area contributed by atoms with Crippen LogP contribution in [0.4, 0.5) is 11.4 Å². The second-order valence-corrected chi connectivity index (χ2v) is 8.81. The SMILES string of the molecule is CC(C)(C)C(=O)N1CCc2ccc(NC(=O)CSCc3ccccc3)cc21. The average molecular weight is 383 g/mol. The van der Waals surface area contributed by atoms with Gasteiger partial charge in [-0.15, -0.1) is 11.8 Å². The molecule has 0 unspecified atom stereocenters. The second kappa shape index (κ2) is 8.17. The van der Waals surface area contributed by atoms with Crippen LogP contribution in [0.15, 0.2) is 48.5 Å². The summed E-state index contributed by atoms with van der Waals surface area (Å²) in [5.41, 5.74) is 3.61. The molecule has 0 bridgehead atoms. The first-order chi connectivity index (χ1) is 12.8. The Kier molecular flexibility index (Phi) is 5.90. The molecule has 0 aliphatic carbocycles. The Morgan fingerprint density at radius 2 is 1.85 bits per heavy atom. The fourth-order valence-electron chi connectivity index (χ4n) is 3.11. The molecule has 142 valence electrons. The molecule has 0 fully saturated rings. The summed E-state index contributed by atoms with van der Waals surface area (Å²) in [6, 6.07) is 16.0. The van der Waals surface area contributed by atoms with Gasteiger partial charge in [0.25, 0.3) is 0 Å². The fourth-order valence-corrected chi connectivity index (χ4v) is 3.89. The molecule has 0 spiro atoms. The molecule has 27 heavy (non-hydrogen) atoms. The van der Waals surface area contributed by atoms with E-state index >= 15 is 0 Å². The van der Waals surface area contributed by atoms with E-state index in [2.05, 4.69) is 17.4 Å². The van der Waals surface area contributed by atoms with Crippen molar-refractivity contribution in [2.75, 3.05) is 22.5 Å². The minimum absolute atomic E-state index is 0.0254. The summed E-state index contributed by atoms with van der Waals surface area (Å²) in [5.74, 6) is 1.30. The smallest absolute Gasteiger partial charge is 0.234 e. The average Bonchev–Trinajstić information content (AvgIpc) is 3.04. The fraction of sp³-hybridized carbons (Fsp3) is 0.364. The molecule has 2 amide bonds. The summed E-state index contributed by atoms with van der Waals surface area (Å²) in [7, 11) is 0. The number of carbonyl (C=O) groups excluding carboxylic acids is 2. The van der Waals surface area contributed by atoms with E-state index in [9.17, 15) is 9.59 Å². The quantitative estimate of drug-likeness (QED) is 0.829. The van der Waals surface area contributed by atoms with Gasteiger partial charge in [-0.3, -0.25) is 9.59 Å². The zero-order valence-electron chi connectivity index (χ0n) is 16.1. The highest BCUT2D eigenvalue weighted by atomic mass is 32.2. The van der Waals surface area contributed by atoms with Crippen molar-refractivity contribution in [3.8, 4) is 0 Å². The van der Waals surface area contributed by atoms with Gasteiger partial charge in [0.2, 0.25) is 11.8 Å². The summed E-state index contributed by atoms with van der Waals surface area (Å²) in [4.78, 5) is 26.8. The van der Waals surface area contributed by atoms with Crippen LogP contribution in [-0.4, -0.2) is 24.1 Å². The molecule has 1 N–H and O–H groups in total. The highest BCUT2D eigenvalue weighted by Gasteiger charge is 2.32. The first kappa shape index (κ1) is 19.5. The van der Waals surface area contributed by atoms with Crippen molar-refractivity contribution in [3.63, 3.8) is 0 Å². The molecule has 0 saturated heterocycles. The molecule has 2 aromatic carbocycles. The third kappa shape index (κ3) is 4.92. The van der Waals surface area contributed by atoms with Crippen LogP contribution in [0, 0.1) is 5.41 Å². The molecule has 0 saturated carbocycles. The lowest BCUT2D eigenvalue weighted by Crippen LogP contribution is -2.38. The van der Waals surface area contributed by atoms with Crippen LogP contribution in [0.25, 0.3) is 0 Å². The van der Waals surface area contributed by atoms with E-state index in [4.69, 9.17) is 0 Å². The van der Waals surface area contributed by atoms with Gasteiger partial charge in [-0.1, -0.05) is 57.2 Å². The van der Waals surface area contributed by atoms with Crippen molar-refractivity contribution >= 4 is 35.0 Å². The molecule has 5 heteroatoms. The molecule has 0 radical (unpaired) electrons. The molecule has 1 aliphatic rings. The third-order valence-electron chi connectivity index (χ3n) is 4.50. The molecule has 0 aromatic heterocycles. The first-order valence-electron chi connectivity index (χ1n) is 9.21. The molecule has 1 heterocycles. The summed E-state index contributed by atoms with van der Waals surface area (Å²) >= 11 is 1.59. The number of fused-ring (bicyclic) bond motifs is 1. The molecule has 2 aromatic rings. The van der Waals surface area contributed by atoms with Crippen LogP contribution in [0.2, 0.25) is 0 Å². The van der Waals surface area contributed by atoms with Gasteiger partial charge in [0, 0.05) is 29.1 Å². The molecular weight excluding hydrogens is 356 g/mol. The predicted octanol–water partition coefficient (Wildman–Crippen LogP) is 4.49. The topological polar surface area (TPSA) is 49.4 Å². The number of nitrogens with one attached hydrogen (secondary N) is 1. The molecule has 0 atom stereocenters. The van der Waals surface area contributed by atoms with Crippen molar-refractivity contribution in [2.24, 2.45) is 5.41 Å². The lowest BCUT2D eigenvalue weighted by Gasteiger charge is -2.26. The zero-order chi connectivity index (χ0) is 19.4. The van der Waals surface area contributed by atoms with Crippen molar-refractivity contribution in [3.05, 3.63) is 59.7 Å². The standard InChI is InChI=1S/C22H26N2O2S/c1-22(2,3)21(26)24-12-11-17-9-10-18(13-19(17)24)23-20(25)15-27-14-16-7-5-4-6-8-16/h4-10,13H,11-12,14-15H2,1-3H3,(H,23,25). The lowest BCUT2D eigenvalue weighted by molar-refractivity contribution is -0.125. The van der Waals surface area contributed by atoms with Crippen LogP contribution in [0.3, 0.4) is 0 Å². The molecule has 3 rings (SSSR count). The van der Waals surface area contributed by atoms with E-state index in [0.717, 1.165) is 29.1 Å². The van der Waals surface area contributed by atoms with E-state index in [1.807, 2.05) is 62.1 Å². The maximum Gasteiger partial charge on any atom is 0.234 e. The summed E-state index contributed by atoms with van der Waals surface area (Å²) in [6.07, 6.45) is 0.859. The summed E-state index contributed by atoms with van der Waals surface area (Å²) in [6.45, 7) is 6.50. The van der Waals surface area contributed by atoms with E-state index in [-0.39, 0.29) is 11.8 Å². The largest absolute Gasteiger partial charge is 0.325 e. The van der Waals surface area contributed by atoms with Gasteiger partial charge in [0.1, 0.15) is 0 Å². The predicted molar refractivity (Wildman–Crippen MR) is 113 cm³/mol. The van der Waals surface area contributed by atoms with E-state index in [1.54, 1.807) is 11.8 Å². The Balaban J connectivity index is 1.60. The second-order valence-electron chi connectivity index (χ2n) is 7.83. The maximum absolute atomic E-state index is 12.7. The number of hydrogen-bond donors (Lipinski definition) is 1. The van der Waals surface area contributed by atoms with Crippen LogP contribution >= 0.6 is 11.8 Å². The summed E-state index contributed by atoms with van der Waals surface area (Å²) in [5, 5.41) is 2.96. The van der Waals surface area contributed by atoms with Gasteiger partial charge >= 0.3 is 0 Å². The number of carbonyl (C=O) groups is 2. The Bertz CT molecular complexity index is 828. The Hall–Kier alpha value is -2.27. The van der Waals surface area contributed by atoms with Crippen molar-refractivity contribution in [2.45, 2.75) is 32.9 Å².